The van der Waals surface area contributed by atoms with Gasteiger partial charge in [-0.15, -0.1) is 0 Å². The van der Waals surface area contributed by atoms with E-state index in [-0.39, 0.29) is 0 Å². The van der Waals surface area contributed by atoms with Gasteiger partial charge in [-0.05, 0) is 12.8 Å². The zero-order valence-electron chi connectivity index (χ0n) is 9.37. The first-order valence-corrected chi connectivity index (χ1v) is 6.11. The van der Waals surface area contributed by atoms with E-state index in [0.717, 1.165) is 36.5 Å². The summed E-state index contributed by atoms with van der Waals surface area (Å²) in [7, 11) is 0. The summed E-state index contributed by atoms with van der Waals surface area (Å²) in [6.07, 6.45) is 5.88. The van der Waals surface area contributed by atoms with Gasteiger partial charge in [-0.25, -0.2) is 0 Å². The molecule has 0 aromatic carbocycles. The molecule has 1 fully saturated rings. The molecule has 0 unspecified atom stereocenters. The van der Waals surface area contributed by atoms with Gasteiger partial charge in [0.1, 0.15) is 11.8 Å². The molecule has 4 nitrogen and oxygen atoms in total. The Morgan fingerprint density at radius 2 is 2.19 bits per heavy atom. The van der Waals surface area contributed by atoms with E-state index in [9.17, 15) is 5.26 Å². The van der Waals surface area contributed by atoms with E-state index in [1.165, 1.54) is 25.7 Å². The minimum atomic E-state index is 0.472. The van der Waals surface area contributed by atoms with Gasteiger partial charge in [-0.3, -0.25) is 4.68 Å². The van der Waals surface area contributed by atoms with Crippen molar-refractivity contribution < 1.29 is 0 Å². The van der Waals surface area contributed by atoms with E-state index in [0.29, 0.717) is 6.04 Å². The molecule has 0 saturated heterocycles. The zero-order chi connectivity index (χ0) is 11.0. The Morgan fingerprint density at radius 3 is 2.94 bits per heavy atom. The number of rotatable bonds is 1. The lowest BCUT2D eigenvalue weighted by Crippen LogP contribution is -2.23. The SMILES string of the molecule is N#Cc1c2c(nn1C1CCCC1)CCNC2. The molecular formula is C12H16N4. The number of nitrogens with zero attached hydrogens (tertiary/aromatic N) is 3. The predicted octanol–water partition coefficient (Wildman–Crippen LogP) is 1.52. The highest BCUT2D eigenvalue weighted by molar-refractivity contribution is 5.37. The van der Waals surface area contributed by atoms with Crippen LogP contribution >= 0.6 is 0 Å². The van der Waals surface area contributed by atoms with E-state index in [4.69, 9.17) is 0 Å². The van der Waals surface area contributed by atoms with Crippen LogP contribution in [-0.2, 0) is 13.0 Å². The van der Waals surface area contributed by atoms with Crippen molar-refractivity contribution in [2.45, 2.75) is 44.7 Å². The van der Waals surface area contributed by atoms with Crippen LogP contribution < -0.4 is 5.32 Å². The second kappa shape index (κ2) is 3.91. The number of fused-ring (bicyclic) bond motifs is 1. The summed E-state index contributed by atoms with van der Waals surface area (Å²) >= 11 is 0. The van der Waals surface area contributed by atoms with Crippen molar-refractivity contribution in [1.29, 1.82) is 5.26 Å². The van der Waals surface area contributed by atoms with Gasteiger partial charge in [-0.2, -0.15) is 10.4 Å². The molecule has 2 aliphatic rings. The molecule has 0 bridgehead atoms. The predicted molar refractivity (Wildman–Crippen MR) is 59.9 cm³/mol. The topological polar surface area (TPSA) is 53.6 Å². The van der Waals surface area contributed by atoms with E-state index < -0.39 is 0 Å². The number of aromatic nitrogens is 2. The fourth-order valence-electron chi connectivity index (χ4n) is 2.85. The summed E-state index contributed by atoms with van der Waals surface area (Å²) in [5, 5.41) is 17.3. The minimum Gasteiger partial charge on any atom is -0.312 e. The maximum Gasteiger partial charge on any atom is 0.143 e. The van der Waals surface area contributed by atoms with Gasteiger partial charge in [0.25, 0.3) is 0 Å². The van der Waals surface area contributed by atoms with E-state index in [1.807, 2.05) is 4.68 Å². The smallest absolute Gasteiger partial charge is 0.143 e. The molecule has 16 heavy (non-hydrogen) atoms. The minimum absolute atomic E-state index is 0.472. The zero-order valence-corrected chi connectivity index (χ0v) is 9.37. The van der Waals surface area contributed by atoms with Crippen molar-refractivity contribution in [3.05, 3.63) is 17.0 Å². The Morgan fingerprint density at radius 1 is 1.38 bits per heavy atom. The van der Waals surface area contributed by atoms with Gasteiger partial charge in [0.15, 0.2) is 0 Å². The van der Waals surface area contributed by atoms with Crippen molar-refractivity contribution in [2.24, 2.45) is 0 Å². The van der Waals surface area contributed by atoms with Crippen LogP contribution in [0.15, 0.2) is 0 Å². The lowest BCUT2D eigenvalue weighted by atomic mass is 10.1. The summed E-state index contributed by atoms with van der Waals surface area (Å²) in [5.41, 5.74) is 3.08. The average Bonchev–Trinajstić information content (AvgIpc) is 2.95. The number of hydrogen-bond acceptors (Lipinski definition) is 3. The Labute approximate surface area is 95.3 Å². The molecule has 2 heterocycles. The Hall–Kier alpha value is -1.34. The highest BCUT2D eigenvalue weighted by Crippen LogP contribution is 2.32. The van der Waals surface area contributed by atoms with Gasteiger partial charge in [0.05, 0.1) is 11.7 Å². The average molecular weight is 216 g/mol. The molecule has 4 heteroatoms. The maximum absolute atomic E-state index is 9.29. The molecular weight excluding hydrogens is 200 g/mol. The quantitative estimate of drug-likeness (QED) is 0.774. The Balaban J connectivity index is 2.04. The Bertz CT molecular complexity index is 435. The third-order valence-electron chi connectivity index (χ3n) is 3.71. The molecule has 0 atom stereocenters. The van der Waals surface area contributed by atoms with E-state index in [1.54, 1.807) is 0 Å². The summed E-state index contributed by atoms with van der Waals surface area (Å²) in [4.78, 5) is 0. The molecule has 1 aliphatic carbocycles. The van der Waals surface area contributed by atoms with Crippen molar-refractivity contribution in [1.82, 2.24) is 15.1 Å². The molecule has 0 spiro atoms. The van der Waals surface area contributed by atoms with Crippen LogP contribution in [0.25, 0.3) is 0 Å². The first-order chi connectivity index (χ1) is 7.90. The fraction of sp³-hybridized carbons (Fsp3) is 0.667. The second-order valence-electron chi connectivity index (χ2n) is 4.70. The molecule has 1 N–H and O–H groups in total. The van der Waals surface area contributed by atoms with E-state index in [2.05, 4.69) is 16.5 Å². The number of nitrogens with one attached hydrogen (secondary N) is 1. The van der Waals surface area contributed by atoms with Crippen LogP contribution in [0.4, 0.5) is 0 Å². The molecule has 1 aromatic heterocycles. The third kappa shape index (κ3) is 1.43. The maximum atomic E-state index is 9.29. The van der Waals surface area contributed by atoms with Gasteiger partial charge in [-0.1, -0.05) is 12.8 Å². The van der Waals surface area contributed by atoms with Gasteiger partial charge in [0.2, 0.25) is 0 Å². The molecule has 1 saturated carbocycles. The van der Waals surface area contributed by atoms with Gasteiger partial charge < -0.3 is 5.32 Å². The van der Waals surface area contributed by atoms with Crippen LogP contribution in [0.5, 0.6) is 0 Å². The third-order valence-corrected chi connectivity index (χ3v) is 3.71. The van der Waals surface area contributed by atoms with Crippen molar-refractivity contribution >= 4 is 0 Å². The van der Waals surface area contributed by atoms with Gasteiger partial charge >= 0.3 is 0 Å². The van der Waals surface area contributed by atoms with Crippen LogP contribution in [0, 0.1) is 11.3 Å². The normalized spacial score (nSPS) is 20.7. The van der Waals surface area contributed by atoms with Crippen molar-refractivity contribution in [3.8, 4) is 6.07 Å². The molecule has 1 aliphatic heterocycles. The van der Waals surface area contributed by atoms with Crippen LogP contribution in [0.1, 0.15) is 48.7 Å². The highest BCUT2D eigenvalue weighted by Gasteiger charge is 2.26. The molecule has 84 valence electrons. The summed E-state index contributed by atoms with van der Waals surface area (Å²) in [6, 6.07) is 2.81. The molecule has 3 rings (SSSR count). The second-order valence-corrected chi connectivity index (χ2v) is 4.70. The van der Waals surface area contributed by atoms with Crippen molar-refractivity contribution in [3.63, 3.8) is 0 Å². The summed E-state index contributed by atoms with van der Waals surface area (Å²) in [6.45, 7) is 1.80. The standard InChI is InChI=1S/C12H16N4/c13-7-12-10-8-14-6-5-11(10)15-16(12)9-3-1-2-4-9/h9,14H,1-6,8H2. The Kier molecular flexibility index (Phi) is 2.41. The highest BCUT2D eigenvalue weighted by atomic mass is 15.3. The largest absolute Gasteiger partial charge is 0.312 e. The lowest BCUT2D eigenvalue weighted by Gasteiger charge is -2.11. The lowest BCUT2D eigenvalue weighted by molar-refractivity contribution is 0.459. The monoisotopic (exact) mass is 216 g/mol. The molecule has 0 radical (unpaired) electrons. The van der Waals surface area contributed by atoms with Crippen LogP contribution in [0.3, 0.4) is 0 Å². The van der Waals surface area contributed by atoms with Gasteiger partial charge in [0, 0.05) is 25.1 Å². The number of nitriles is 1. The molecule has 0 amide bonds. The summed E-state index contributed by atoms with van der Waals surface area (Å²) < 4.78 is 2.00. The summed E-state index contributed by atoms with van der Waals surface area (Å²) in [5.74, 6) is 0. The first kappa shape index (κ1) is 9.86. The fourth-order valence-corrected chi connectivity index (χ4v) is 2.85. The van der Waals surface area contributed by atoms with E-state index >= 15 is 0 Å². The first-order valence-electron chi connectivity index (χ1n) is 6.11. The molecule has 1 aromatic rings. The van der Waals surface area contributed by atoms with Crippen molar-refractivity contribution in [2.75, 3.05) is 6.54 Å². The van der Waals surface area contributed by atoms with Crippen LogP contribution in [0.2, 0.25) is 0 Å². The number of hydrogen-bond donors (Lipinski definition) is 1. The van der Waals surface area contributed by atoms with Crippen LogP contribution in [-0.4, -0.2) is 16.3 Å².